The molecule has 0 fully saturated rings. The van der Waals surface area contributed by atoms with Crippen LogP contribution in [0.15, 0.2) is 65.0 Å². The van der Waals surface area contributed by atoms with E-state index in [0.29, 0.717) is 5.69 Å². The molecule has 3 amide bonds. The topological polar surface area (TPSA) is 83.1 Å². The number of benzene rings is 3. The van der Waals surface area contributed by atoms with Crippen LogP contribution in [-0.4, -0.2) is 22.7 Å². The highest BCUT2D eigenvalue weighted by Gasteiger charge is 2.11. The van der Waals surface area contributed by atoms with Gasteiger partial charge in [0.05, 0.1) is 16.0 Å². The number of amides is 3. The molecule has 3 aromatic carbocycles. The van der Waals surface area contributed by atoms with Gasteiger partial charge >= 0.3 is 6.03 Å². The number of thiazole rings is 1. The van der Waals surface area contributed by atoms with E-state index in [0.717, 1.165) is 42.6 Å². The van der Waals surface area contributed by atoms with Gasteiger partial charge in [-0.3, -0.25) is 4.79 Å². The van der Waals surface area contributed by atoms with E-state index in [-0.39, 0.29) is 17.7 Å². The van der Waals surface area contributed by atoms with E-state index in [4.69, 9.17) is 0 Å². The fourth-order valence-corrected chi connectivity index (χ4v) is 5.07. The Hall–Kier alpha value is -3.36. The van der Waals surface area contributed by atoms with Crippen LogP contribution in [0.1, 0.15) is 16.7 Å². The van der Waals surface area contributed by atoms with Gasteiger partial charge in [-0.15, -0.1) is 11.3 Å². The number of carbonyl (C=O) groups is 2. The summed E-state index contributed by atoms with van der Waals surface area (Å²) in [5, 5.41) is 8.67. The van der Waals surface area contributed by atoms with Crippen LogP contribution in [0.4, 0.5) is 21.9 Å². The van der Waals surface area contributed by atoms with Crippen molar-refractivity contribution in [3.8, 4) is 0 Å². The van der Waals surface area contributed by atoms with Crippen molar-refractivity contribution in [3.63, 3.8) is 0 Å². The fraction of sp³-hybridized carbons (Fsp3) is 0.160. The molecule has 0 atom stereocenters. The van der Waals surface area contributed by atoms with Gasteiger partial charge < -0.3 is 16.0 Å². The van der Waals surface area contributed by atoms with E-state index in [2.05, 4.69) is 20.9 Å². The number of nitrogens with zero attached hydrogens (tertiary/aromatic N) is 1. The van der Waals surface area contributed by atoms with Gasteiger partial charge in [0.25, 0.3) is 0 Å². The minimum absolute atomic E-state index is 0.0754. The van der Waals surface area contributed by atoms with Crippen LogP contribution in [-0.2, 0) is 4.79 Å². The third-order valence-electron chi connectivity index (χ3n) is 4.93. The predicted molar refractivity (Wildman–Crippen MR) is 139 cm³/mol. The number of aryl methyl sites for hydroxylation is 3. The van der Waals surface area contributed by atoms with Crippen molar-refractivity contribution in [1.82, 2.24) is 4.98 Å². The Balaban J connectivity index is 1.35. The lowest BCUT2D eigenvalue weighted by Crippen LogP contribution is -2.19. The molecule has 3 N–H and O–H groups in total. The summed E-state index contributed by atoms with van der Waals surface area (Å²) in [5.41, 5.74) is 6.32. The van der Waals surface area contributed by atoms with E-state index >= 15 is 0 Å². The van der Waals surface area contributed by atoms with Crippen LogP contribution in [0, 0.1) is 20.8 Å². The molecule has 0 aliphatic carbocycles. The zero-order valence-corrected chi connectivity index (χ0v) is 20.2. The number of thioether (sulfide) groups is 1. The zero-order chi connectivity index (χ0) is 23.4. The normalized spacial score (nSPS) is 10.8. The zero-order valence-electron chi connectivity index (χ0n) is 18.6. The molecule has 0 spiro atoms. The summed E-state index contributed by atoms with van der Waals surface area (Å²) in [7, 11) is 0. The number of anilines is 3. The van der Waals surface area contributed by atoms with Crippen molar-refractivity contribution in [2.75, 3.05) is 21.7 Å². The number of fused-ring (bicyclic) bond motifs is 1. The monoisotopic (exact) mass is 476 g/mol. The third-order valence-corrected chi connectivity index (χ3v) is 7.09. The van der Waals surface area contributed by atoms with Gasteiger partial charge in [0.1, 0.15) is 0 Å². The average molecular weight is 477 g/mol. The Morgan fingerprint density at radius 1 is 0.848 bits per heavy atom. The Morgan fingerprint density at radius 2 is 1.58 bits per heavy atom. The van der Waals surface area contributed by atoms with Crippen LogP contribution in [0.3, 0.4) is 0 Å². The lowest BCUT2D eigenvalue weighted by Gasteiger charge is -2.10. The van der Waals surface area contributed by atoms with Gasteiger partial charge in [0, 0.05) is 17.1 Å². The highest BCUT2D eigenvalue weighted by molar-refractivity contribution is 8.01. The summed E-state index contributed by atoms with van der Waals surface area (Å²) in [4.78, 5) is 29.3. The van der Waals surface area contributed by atoms with Crippen LogP contribution >= 0.6 is 23.1 Å². The molecule has 4 aromatic rings. The molecule has 0 aliphatic rings. The van der Waals surface area contributed by atoms with Crippen LogP contribution in [0.5, 0.6) is 0 Å². The Morgan fingerprint density at radius 3 is 2.36 bits per heavy atom. The summed E-state index contributed by atoms with van der Waals surface area (Å²) in [6.45, 7) is 5.95. The molecule has 0 aliphatic heterocycles. The maximum Gasteiger partial charge on any atom is 0.323 e. The summed E-state index contributed by atoms with van der Waals surface area (Å²) in [5.74, 6) is 0.199. The standard InChI is InChI=1S/C25H24N4O2S2/c1-15-5-8-18(9-6-15)26-23(30)14-32-25-29-20-11-10-19(13-22(20)33-25)27-24(31)28-21-12-16(2)4-7-17(21)3/h4-13H,14H2,1-3H3,(H,26,30)(H2,27,28,31). The second-order valence-corrected chi connectivity index (χ2v) is 10.0. The molecule has 0 saturated heterocycles. The molecule has 0 saturated carbocycles. The van der Waals surface area contributed by atoms with Crippen LogP contribution in [0.2, 0.25) is 0 Å². The highest BCUT2D eigenvalue weighted by Crippen LogP contribution is 2.31. The number of rotatable bonds is 6. The van der Waals surface area contributed by atoms with Crippen molar-refractivity contribution < 1.29 is 9.59 Å². The number of carbonyl (C=O) groups excluding carboxylic acids is 2. The van der Waals surface area contributed by atoms with Gasteiger partial charge in [-0.05, 0) is 68.3 Å². The molecule has 1 aromatic heterocycles. The van der Waals surface area contributed by atoms with E-state index < -0.39 is 0 Å². The smallest absolute Gasteiger partial charge is 0.323 e. The fourth-order valence-electron chi connectivity index (χ4n) is 3.16. The summed E-state index contributed by atoms with van der Waals surface area (Å²) in [6, 6.07) is 18.9. The minimum atomic E-state index is -0.296. The van der Waals surface area contributed by atoms with Crippen molar-refractivity contribution >= 4 is 62.3 Å². The number of aromatic nitrogens is 1. The molecule has 168 valence electrons. The minimum Gasteiger partial charge on any atom is -0.325 e. The number of hydrogen-bond donors (Lipinski definition) is 3. The highest BCUT2D eigenvalue weighted by atomic mass is 32.2. The molecule has 6 nitrogen and oxygen atoms in total. The lowest BCUT2D eigenvalue weighted by atomic mass is 10.1. The van der Waals surface area contributed by atoms with Crippen LogP contribution < -0.4 is 16.0 Å². The van der Waals surface area contributed by atoms with E-state index in [1.165, 1.54) is 23.1 Å². The first-order chi connectivity index (χ1) is 15.9. The lowest BCUT2D eigenvalue weighted by molar-refractivity contribution is -0.113. The molecular formula is C25H24N4O2S2. The summed E-state index contributed by atoms with van der Waals surface area (Å²) < 4.78 is 1.75. The van der Waals surface area contributed by atoms with Gasteiger partial charge in [0.2, 0.25) is 5.91 Å². The second-order valence-electron chi connectivity index (χ2n) is 7.76. The van der Waals surface area contributed by atoms with E-state index in [9.17, 15) is 9.59 Å². The van der Waals surface area contributed by atoms with Crippen molar-refractivity contribution in [3.05, 3.63) is 77.4 Å². The Labute approximate surface area is 200 Å². The Bertz CT molecular complexity index is 1320. The summed E-state index contributed by atoms with van der Waals surface area (Å²) >= 11 is 2.89. The molecule has 33 heavy (non-hydrogen) atoms. The quantitative estimate of drug-likeness (QED) is 0.274. The molecule has 0 radical (unpaired) electrons. The first-order valence-electron chi connectivity index (χ1n) is 10.4. The number of nitrogens with one attached hydrogen (secondary N) is 3. The van der Waals surface area contributed by atoms with Crippen molar-refractivity contribution in [2.45, 2.75) is 25.1 Å². The van der Waals surface area contributed by atoms with E-state index in [1.54, 1.807) is 0 Å². The first-order valence-corrected chi connectivity index (χ1v) is 12.2. The predicted octanol–water partition coefficient (Wildman–Crippen LogP) is 6.60. The van der Waals surface area contributed by atoms with Gasteiger partial charge in [-0.1, -0.05) is 41.6 Å². The number of urea groups is 1. The third kappa shape index (κ3) is 6.12. The maximum atomic E-state index is 12.4. The number of hydrogen-bond acceptors (Lipinski definition) is 5. The largest absolute Gasteiger partial charge is 0.325 e. The van der Waals surface area contributed by atoms with Crippen molar-refractivity contribution in [2.24, 2.45) is 0 Å². The van der Waals surface area contributed by atoms with Gasteiger partial charge in [0.15, 0.2) is 4.34 Å². The average Bonchev–Trinajstić information content (AvgIpc) is 3.19. The van der Waals surface area contributed by atoms with Gasteiger partial charge in [-0.2, -0.15) is 0 Å². The second kappa shape index (κ2) is 10.1. The first kappa shape index (κ1) is 22.8. The molecular weight excluding hydrogens is 452 g/mol. The van der Waals surface area contributed by atoms with E-state index in [1.807, 2.05) is 81.4 Å². The maximum absolute atomic E-state index is 12.4. The van der Waals surface area contributed by atoms with Crippen LogP contribution in [0.25, 0.3) is 10.2 Å². The van der Waals surface area contributed by atoms with Crippen molar-refractivity contribution in [1.29, 1.82) is 0 Å². The molecule has 1 heterocycles. The Kier molecular flexibility index (Phi) is 6.96. The molecule has 0 unspecified atom stereocenters. The molecule has 8 heteroatoms. The summed E-state index contributed by atoms with van der Waals surface area (Å²) in [6.07, 6.45) is 0. The SMILES string of the molecule is Cc1ccc(NC(=O)CSc2nc3ccc(NC(=O)Nc4cc(C)ccc4C)cc3s2)cc1. The molecule has 4 rings (SSSR count). The molecule has 0 bridgehead atoms. The van der Waals surface area contributed by atoms with Gasteiger partial charge in [-0.25, -0.2) is 9.78 Å².